The standard InChI is InChI=1S/C23H28N4O2/c1-15(2)17-7-9-18(10-8-17)22(16(3)4)25-20(28)11-12-21-26-23(27-29-21)19-6-5-13-24-14-19/h5-10,13-16,22H,11-12H2,1-4H3,(H,25,28). The molecule has 0 bridgehead atoms. The van der Waals surface area contributed by atoms with Crippen LogP contribution in [0.4, 0.5) is 0 Å². The van der Waals surface area contributed by atoms with Crippen molar-refractivity contribution < 1.29 is 9.32 Å². The number of nitrogens with one attached hydrogen (secondary N) is 1. The number of nitrogens with zero attached hydrogens (tertiary/aromatic N) is 3. The fourth-order valence-electron chi connectivity index (χ4n) is 3.16. The zero-order valence-corrected chi connectivity index (χ0v) is 17.4. The summed E-state index contributed by atoms with van der Waals surface area (Å²) in [4.78, 5) is 21.0. The molecule has 6 heteroatoms. The molecule has 6 nitrogen and oxygen atoms in total. The minimum atomic E-state index is -0.0302. The van der Waals surface area contributed by atoms with E-state index in [-0.39, 0.29) is 17.9 Å². The van der Waals surface area contributed by atoms with Gasteiger partial charge < -0.3 is 9.84 Å². The minimum absolute atomic E-state index is 0.0298. The summed E-state index contributed by atoms with van der Waals surface area (Å²) >= 11 is 0. The fraction of sp³-hybridized carbons (Fsp3) is 0.391. The van der Waals surface area contributed by atoms with Gasteiger partial charge in [-0.1, -0.05) is 57.1 Å². The van der Waals surface area contributed by atoms with Gasteiger partial charge in [-0.15, -0.1) is 0 Å². The lowest BCUT2D eigenvalue weighted by Gasteiger charge is -2.23. The Morgan fingerprint density at radius 2 is 1.79 bits per heavy atom. The number of aromatic nitrogens is 3. The van der Waals surface area contributed by atoms with E-state index in [1.807, 2.05) is 12.1 Å². The first-order valence-electron chi connectivity index (χ1n) is 10.1. The van der Waals surface area contributed by atoms with E-state index in [0.717, 1.165) is 11.1 Å². The second-order valence-corrected chi connectivity index (χ2v) is 7.86. The quantitative estimate of drug-likeness (QED) is 0.601. The molecule has 29 heavy (non-hydrogen) atoms. The van der Waals surface area contributed by atoms with Crippen LogP contribution in [0.3, 0.4) is 0 Å². The van der Waals surface area contributed by atoms with Gasteiger partial charge in [0.1, 0.15) is 0 Å². The van der Waals surface area contributed by atoms with Gasteiger partial charge >= 0.3 is 0 Å². The Balaban J connectivity index is 1.59. The first-order chi connectivity index (χ1) is 13.9. The predicted octanol–water partition coefficient (Wildman–Crippen LogP) is 4.70. The van der Waals surface area contributed by atoms with Crippen molar-refractivity contribution in [2.45, 2.75) is 52.5 Å². The van der Waals surface area contributed by atoms with Crippen LogP contribution in [0.1, 0.15) is 63.1 Å². The highest BCUT2D eigenvalue weighted by Gasteiger charge is 2.19. The molecule has 1 amide bonds. The van der Waals surface area contributed by atoms with Gasteiger partial charge in [0.05, 0.1) is 6.04 Å². The van der Waals surface area contributed by atoms with Crippen LogP contribution in [-0.4, -0.2) is 21.0 Å². The van der Waals surface area contributed by atoms with Gasteiger partial charge in [-0.3, -0.25) is 9.78 Å². The molecule has 0 spiro atoms. The van der Waals surface area contributed by atoms with Crippen LogP contribution < -0.4 is 5.32 Å². The summed E-state index contributed by atoms with van der Waals surface area (Å²) in [6.07, 6.45) is 4.06. The molecule has 1 unspecified atom stereocenters. The number of amides is 1. The Hall–Kier alpha value is -3.02. The number of rotatable bonds is 8. The van der Waals surface area contributed by atoms with Crippen molar-refractivity contribution in [1.82, 2.24) is 20.4 Å². The molecule has 1 N–H and O–H groups in total. The van der Waals surface area contributed by atoms with Gasteiger partial charge in [0.25, 0.3) is 0 Å². The largest absolute Gasteiger partial charge is 0.349 e. The highest BCUT2D eigenvalue weighted by atomic mass is 16.5. The molecule has 152 valence electrons. The lowest BCUT2D eigenvalue weighted by molar-refractivity contribution is -0.122. The van der Waals surface area contributed by atoms with E-state index in [0.29, 0.717) is 30.5 Å². The Labute approximate surface area is 171 Å². The molecule has 0 aliphatic rings. The molecular weight excluding hydrogens is 364 g/mol. The molecule has 0 aliphatic carbocycles. The molecule has 1 aromatic carbocycles. The minimum Gasteiger partial charge on any atom is -0.349 e. The summed E-state index contributed by atoms with van der Waals surface area (Å²) in [6.45, 7) is 8.57. The van der Waals surface area contributed by atoms with Gasteiger partial charge in [0, 0.05) is 30.8 Å². The van der Waals surface area contributed by atoms with Crippen molar-refractivity contribution in [2.75, 3.05) is 0 Å². The molecule has 3 aromatic rings. The lowest BCUT2D eigenvalue weighted by Crippen LogP contribution is -2.31. The molecule has 3 rings (SSSR count). The summed E-state index contributed by atoms with van der Waals surface area (Å²) in [5.41, 5.74) is 3.20. The van der Waals surface area contributed by atoms with Crippen molar-refractivity contribution in [2.24, 2.45) is 5.92 Å². The highest BCUT2D eigenvalue weighted by Crippen LogP contribution is 2.24. The molecule has 2 aromatic heterocycles. The average Bonchev–Trinajstić information content (AvgIpc) is 3.20. The number of hydrogen-bond donors (Lipinski definition) is 1. The maximum atomic E-state index is 12.5. The smallest absolute Gasteiger partial charge is 0.227 e. The first kappa shape index (κ1) is 20.7. The SMILES string of the molecule is CC(C)c1ccc(C(NC(=O)CCc2nc(-c3cccnc3)no2)C(C)C)cc1. The van der Waals surface area contributed by atoms with E-state index < -0.39 is 0 Å². The van der Waals surface area contributed by atoms with E-state index in [9.17, 15) is 4.79 Å². The third-order valence-corrected chi connectivity index (χ3v) is 4.90. The van der Waals surface area contributed by atoms with Crippen molar-refractivity contribution >= 4 is 5.91 Å². The van der Waals surface area contributed by atoms with E-state index in [4.69, 9.17) is 4.52 Å². The Morgan fingerprint density at radius 3 is 2.41 bits per heavy atom. The van der Waals surface area contributed by atoms with E-state index >= 15 is 0 Å². The second-order valence-electron chi connectivity index (χ2n) is 7.86. The first-order valence-corrected chi connectivity index (χ1v) is 10.1. The fourth-order valence-corrected chi connectivity index (χ4v) is 3.16. The van der Waals surface area contributed by atoms with Crippen molar-refractivity contribution in [3.63, 3.8) is 0 Å². The monoisotopic (exact) mass is 392 g/mol. The molecule has 2 heterocycles. The molecule has 0 radical (unpaired) electrons. The maximum absolute atomic E-state index is 12.5. The summed E-state index contributed by atoms with van der Waals surface area (Å²) in [7, 11) is 0. The van der Waals surface area contributed by atoms with Crippen LogP contribution in [0.2, 0.25) is 0 Å². The van der Waals surface area contributed by atoms with Gasteiger partial charge in [0.15, 0.2) is 0 Å². The number of benzene rings is 1. The van der Waals surface area contributed by atoms with Crippen molar-refractivity contribution in [1.29, 1.82) is 0 Å². The average molecular weight is 393 g/mol. The van der Waals surface area contributed by atoms with E-state index in [1.165, 1.54) is 5.56 Å². The third-order valence-electron chi connectivity index (χ3n) is 4.90. The Kier molecular flexibility index (Phi) is 6.75. The number of carbonyl (C=O) groups excluding carboxylic acids is 1. The molecule has 0 aliphatic heterocycles. The topological polar surface area (TPSA) is 80.9 Å². The van der Waals surface area contributed by atoms with Crippen LogP contribution >= 0.6 is 0 Å². The second kappa shape index (κ2) is 9.45. The molecular formula is C23H28N4O2. The van der Waals surface area contributed by atoms with Crippen LogP contribution in [-0.2, 0) is 11.2 Å². The third kappa shape index (κ3) is 5.50. The van der Waals surface area contributed by atoms with Crippen molar-refractivity contribution in [3.05, 3.63) is 65.8 Å². The zero-order chi connectivity index (χ0) is 20.8. The molecule has 0 saturated carbocycles. The van der Waals surface area contributed by atoms with E-state index in [1.54, 1.807) is 12.4 Å². The van der Waals surface area contributed by atoms with Crippen LogP contribution in [0.15, 0.2) is 53.3 Å². The van der Waals surface area contributed by atoms with Gasteiger partial charge in [-0.25, -0.2) is 0 Å². The number of aryl methyl sites for hydroxylation is 1. The summed E-state index contributed by atoms with van der Waals surface area (Å²) in [5.74, 6) is 1.67. The summed E-state index contributed by atoms with van der Waals surface area (Å²) < 4.78 is 5.27. The molecule has 1 atom stereocenters. The highest BCUT2D eigenvalue weighted by molar-refractivity contribution is 5.76. The lowest BCUT2D eigenvalue weighted by atomic mass is 9.93. The van der Waals surface area contributed by atoms with Gasteiger partial charge in [-0.05, 0) is 35.1 Å². The summed E-state index contributed by atoms with van der Waals surface area (Å²) in [5, 5.41) is 7.12. The van der Waals surface area contributed by atoms with Crippen LogP contribution in [0.25, 0.3) is 11.4 Å². The van der Waals surface area contributed by atoms with Gasteiger partial charge in [0.2, 0.25) is 17.6 Å². The van der Waals surface area contributed by atoms with Crippen LogP contribution in [0.5, 0.6) is 0 Å². The number of hydrogen-bond acceptors (Lipinski definition) is 5. The predicted molar refractivity (Wildman–Crippen MR) is 112 cm³/mol. The Morgan fingerprint density at radius 1 is 1.07 bits per heavy atom. The van der Waals surface area contributed by atoms with E-state index in [2.05, 4.69) is 72.4 Å². The van der Waals surface area contributed by atoms with Crippen molar-refractivity contribution in [3.8, 4) is 11.4 Å². The molecule has 0 fully saturated rings. The zero-order valence-electron chi connectivity index (χ0n) is 17.4. The normalized spacial score (nSPS) is 12.3. The molecule has 0 saturated heterocycles. The number of pyridine rings is 1. The van der Waals surface area contributed by atoms with Gasteiger partial charge in [-0.2, -0.15) is 4.98 Å². The number of carbonyl (C=O) groups is 1. The van der Waals surface area contributed by atoms with Crippen LogP contribution in [0, 0.1) is 5.92 Å². The maximum Gasteiger partial charge on any atom is 0.227 e. The summed E-state index contributed by atoms with van der Waals surface area (Å²) in [6, 6.07) is 12.2. The Bertz CT molecular complexity index is 918.